The Balaban J connectivity index is 1.76. The van der Waals surface area contributed by atoms with E-state index in [1.54, 1.807) is 12.4 Å². The molecule has 0 bridgehead atoms. The van der Waals surface area contributed by atoms with Crippen LogP contribution in [-0.4, -0.2) is 10.9 Å². The molecular weight excluding hydrogens is 346 g/mol. The van der Waals surface area contributed by atoms with E-state index in [0.717, 1.165) is 28.8 Å². The number of halogens is 2. The van der Waals surface area contributed by atoms with Crippen molar-refractivity contribution in [3.63, 3.8) is 0 Å². The molecule has 1 N–H and O–H groups in total. The van der Waals surface area contributed by atoms with Crippen molar-refractivity contribution in [2.45, 2.75) is 13.0 Å². The van der Waals surface area contributed by atoms with Gasteiger partial charge in [-0.3, -0.25) is 9.78 Å². The summed E-state index contributed by atoms with van der Waals surface area (Å²) in [6.45, 7) is 5.47. The van der Waals surface area contributed by atoms with Crippen LogP contribution in [0.3, 0.4) is 0 Å². The van der Waals surface area contributed by atoms with Gasteiger partial charge in [0, 0.05) is 29.6 Å². The molecule has 0 saturated heterocycles. The van der Waals surface area contributed by atoms with E-state index in [-0.39, 0.29) is 17.2 Å². The third-order valence-corrected chi connectivity index (χ3v) is 4.26. The summed E-state index contributed by atoms with van der Waals surface area (Å²) < 4.78 is 26.9. The molecule has 0 fully saturated rings. The first-order valence-electron chi connectivity index (χ1n) is 8.41. The highest BCUT2D eigenvalue weighted by molar-refractivity contribution is 6.18. The number of rotatable bonds is 5. The standard InChI is InChI=1S/C22H18F2N2O/c1-14(20-9-8-19(23)12-21(20)24)22(27)26-15(2)16-5-3-6-17(11-16)18-7-4-10-25-13-18/h3-13,15H,1H2,2H3,(H,26,27)/t15-/m0/s1. The van der Waals surface area contributed by atoms with Crippen LogP contribution in [0.1, 0.15) is 24.1 Å². The minimum Gasteiger partial charge on any atom is -0.346 e. The molecule has 5 heteroatoms. The Morgan fingerprint density at radius 2 is 1.85 bits per heavy atom. The molecule has 1 amide bonds. The first-order valence-corrected chi connectivity index (χ1v) is 8.41. The zero-order chi connectivity index (χ0) is 19.4. The van der Waals surface area contributed by atoms with E-state index >= 15 is 0 Å². The van der Waals surface area contributed by atoms with Crippen LogP contribution in [0.2, 0.25) is 0 Å². The number of hydrogen-bond donors (Lipinski definition) is 1. The number of nitrogens with one attached hydrogen (secondary N) is 1. The second-order valence-electron chi connectivity index (χ2n) is 6.17. The number of aromatic nitrogens is 1. The van der Waals surface area contributed by atoms with E-state index in [0.29, 0.717) is 0 Å². The van der Waals surface area contributed by atoms with E-state index < -0.39 is 17.5 Å². The largest absolute Gasteiger partial charge is 0.346 e. The molecule has 3 rings (SSSR count). The lowest BCUT2D eigenvalue weighted by atomic mass is 10.0. The van der Waals surface area contributed by atoms with Gasteiger partial charge < -0.3 is 5.32 Å². The van der Waals surface area contributed by atoms with Crippen molar-refractivity contribution in [2.75, 3.05) is 0 Å². The lowest BCUT2D eigenvalue weighted by Gasteiger charge is -2.17. The maximum atomic E-state index is 13.9. The van der Waals surface area contributed by atoms with Crippen LogP contribution in [0.15, 0.2) is 73.6 Å². The van der Waals surface area contributed by atoms with E-state index in [1.807, 2.05) is 43.3 Å². The molecule has 0 spiro atoms. The Bertz CT molecular complexity index is 987. The first kappa shape index (κ1) is 18.5. The van der Waals surface area contributed by atoms with E-state index in [9.17, 15) is 13.6 Å². The molecule has 3 aromatic rings. The van der Waals surface area contributed by atoms with Crippen LogP contribution in [0.5, 0.6) is 0 Å². The Morgan fingerprint density at radius 3 is 2.56 bits per heavy atom. The first-order chi connectivity index (χ1) is 13.0. The Hall–Kier alpha value is -3.34. The average molecular weight is 364 g/mol. The molecule has 1 atom stereocenters. The smallest absolute Gasteiger partial charge is 0.251 e. The van der Waals surface area contributed by atoms with Crippen molar-refractivity contribution in [3.8, 4) is 11.1 Å². The van der Waals surface area contributed by atoms with Gasteiger partial charge in [0.15, 0.2) is 0 Å². The van der Waals surface area contributed by atoms with Gasteiger partial charge in [-0.2, -0.15) is 0 Å². The number of amides is 1. The number of carbonyl (C=O) groups excluding carboxylic acids is 1. The van der Waals surface area contributed by atoms with Crippen molar-refractivity contribution >= 4 is 11.5 Å². The molecule has 0 saturated carbocycles. The molecule has 0 aliphatic carbocycles. The zero-order valence-electron chi connectivity index (χ0n) is 14.7. The summed E-state index contributed by atoms with van der Waals surface area (Å²) in [6.07, 6.45) is 3.47. The quantitative estimate of drug-likeness (QED) is 0.653. The molecule has 1 heterocycles. The highest BCUT2D eigenvalue weighted by Gasteiger charge is 2.17. The van der Waals surface area contributed by atoms with Gasteiger partial charge in [0.05, 0.1) is 6.04 Å². The summed E-state index contributed by atoms with van der Waals surface area (Å²) in [5, 5.41) is 2.80. The molecular formula is C22H18F2N2O. The van der Waals surface area contributed by atoms with Crippen LogP contribution in [0.4, 0.5) is 8.78 Å². The van der Waals surface area contributed by atoms with Gasteiger partial charge in [-0.15, -0.1) is 0 Å². The Morgan fingerprint density at radius 1 is 1.07 bits per heavy atom. The average Bonchev–Trinajstić information content (AvgIpc) is 2.68. The summed E-state index contributed by atoms with van der Waals surface area (Å²) in [7, 11) is 0. The van der Waals surface area contributed by atoms with E-state index in [2.05, 4.69) is 16.9 Å². The third kappa shape index (κ3) is 4.26. The van der Waals surface area contributed by atoms with Gasteiger partial charge in [-0.25, -0.2) is 8.78 Å². The fourth-order valence-corrected chi connectivity index (χ4v) is 2.74. The fraction of sp³-hybridized carbons (Fsp3) is 0.0909. The monoisotopic (exact) mass is 364 g/mol. The van der Waals surface area contributed by atoms with Crippen molar-refractivity contribution in [3.05, 3.63) is 96.3 Å². The predicted octanol–water partition coefficient (Wildman–Crippen LogP) is 4.92. The third-order valence-electron chi connectivity index (χ3n) is 4.26. The zero-order valence-corrected chi connectivity index (χ0v) is 14.7. The number of benzene rings is 2. The molecule has 1 aromatic heterocycles. The summed E-state index contributed by atoms with van der Waals surface area (Å²) >= 11 is 0. The van der Waals surface area contributed by atoms with Gasteiger partial charge in [0.25, 0.3) is 5.91 Å². The summed E-state index contributed by atoms with van der Waals surface area (Å²) in [5.41, 5.74) is 2.76. The summed E-state index contributed by atoms with van der Waals surface area (Å²) in [4.78, 5) is 16.5. The van der Waals surface area contributed by atoms with Crippen LogP contribution < -0.4 is 5.32 Å². The lowest BCUT2D eigenvalue weighted by Crippen LogP contribution is -2.27. The van der Waals surface area contributed by atoms with Crippen LogP contribution >= 0.6 is 0 Å². The van der Waals surface area contributed by atoms with Crippen molar-refractivity contribution in [1.82, 2.24) is 10.3 Å². The fourth-order valence-electron chi connectivity index (χ4n) is 2.74. The van der Waals surface area contributed by atoms with E-state index in [1.165, 1.54) is 6.07 Å². The molecule has 27 heavy (non-hydrogen) atoms. The molecule has 2 aromatic carbocycles. The van der Waals surface area contributed by atoms with Crippen molar-refractivity contribution < 1.29 is 13.6 Å². The highest BCUT2D eigenvalue weighted by atomic mass is 19.1. The topological polar surface area (TPSA) is 42.0 Å². The minimum atomic E-state index is -0.818. The maximum absolute atomic E-state index is 13.9. The lowest BCUT2D eigenvalue weighted by molar-refractivity contribution is -0.116. The summed E-state index contributed by atoms with van der Waals surface area (Å²) in [6, 6.07) is 14.2. The maximum Gasteiger partial charge on any atom is 0.251 e. The number of pyridine rings is 1. The minimum absolute atomic E-state index is 0.0230. The van der Waals surface area contributed by atoms with Crippen LogP contribution in [0, 0.1) is 11.6 Å². The van der Waals surface area contributed by atoms with Gasteiger partial charge in [0.2, 0.25) is 0 Å². The summed E-state index contributed by atoms with van der Waals surface area (Å²) in [5.74, 6) is -2.04. The second kappa shape index (κ2) is 7.91. The van der Waals surface area contributed by atoms with Crippen molar-refractivity contribution in [1.29, 1.82) is 0 Å². The number of hydrogen-bond acceptors (Lipinski definition) is 2. The molecule has 0 aliphatic rings. The normalized spacial score (nSPS) is 11.7. The molecule has 0 aliphatic heterocycles. The SMILES string of the molecule is C=C(C(=O)N[C@@H](C)c1cccc(-c2cccnc2)c1)c1ccc(F)cc1F. The Labute approximate surface area is 156 Å². The van der Waals surface area contributed by atoms with Gasteiger partial charge >= 0.3 is 0 Å². The molecule has 0 unspecified atom stereocenters. The molecule has 3 nitrogen and oxygen atoms in total. The van der Waals surface area contributed by atoms with Gasteiger partial charge in [0.1, 0.15) is 11.6 Å². The molecule has 136 valence electrons. The van der Waals surface area contributed by atoms with Crippen LogP contribution in [-0.2, 0) is 4.79 Å². The van der Waals surface area contributed by atoms with Crippen LogP contribution in [0.25, 0.3) is 16.7 Å². The van der Waals surface area contributed by atoms with Gasteiger partial charge in [-0.1, -0.05) is 30.8 Å². The number of carbonyl (C=O) groups is 1. The second-order valence-corrected chi connectivity index (χ2v) is 6.17. The predicted molar refractivity (Wildman–Crippen MR) is 102 cm³/mol. The number of nitrogens with zero attached hydrogens (tertiary/aromatic N) is 1. The van der Waals surface area contributed by atoms with E-state index in [4.69, 9.17) is 0 Å². The van der Waals surface area contributed by atoms with Crippen molar-refractivity contribution in [2.24, 2.45) is 0 Å². The highest BCUT2D eigenvalue weighted by Crippen LogP contribution is 2.24. The van der Waals surface area contributed by atoms with Gasteiger partial charge in [-0.05, 0) is 47.9 Å². The molecule has 0 radical (unpaired) electrons. The Kier molecular flexibility index (Phi) is 5.41.